The number of hydrogen-bond acceptors (Lipinski definition) is 2. The third-order valence-corrected chi connectivity index (χ3v) is 4.36. The molecule has 1 N–H and O–H groups in total. The molecular formula is C20H19F3N2O2. The van der Waals surface area contributed by atoms with E-state index in [2.05, 4.69) is 5.32 Å². The minimum Gasteiger partial charge on any atom is -0.469 e. The van der Waals surface area contributed by atoms with Crippen molar-refractivity contribution in [2.75, 3.05) is 6.54 Å². The van der Waals surface area contributed by atoms with Gasteiger partial charge in [-0.25, -0.2) is 0 Å². The molecule has 0 saturated heterocycles. The van der Waals surface area contributed by atoms with Crippen molar-refractivity contribution < 1.29 is 22.4 Å². The molecule has 3 rings (SSSR count). The molecule has 0 aliphatic heterocycles. The number of alkyl halides is 3. The van der Waals surface area contributed by atoms with Gasteiger partial charge in [-0.3, -0.25) is 4.79 Å². The summed E-state index contributed by atoms with van der Waals surface area (Å²) in [6.07, 6.45) is -2.39. The lowest BCUT2D eigenvalue weighted by molar-refractivity contribution is -0.137. The molecule has 0 aliphatic carbocycles. The lowest BCUT2D eigenvalue weighted by atomic mass is 10.1. The molecule has 0 atom stereocenters. The number of para-hydroxylation sites is 1. The number of carbonyl (C=O) groups is 1. The highest BCUT2D eigenvalue weighted by molar-refractivity contribution is 5.96. The van der Waals surface area contributed by atoms with Gasteiger partial charge in [0, 0.05) is 24.4 Å². The number of rotatable bonds is 5. The molecule has 0 bridgehead atoms. The molecule has 3 aromatic rings. The molecule has 0 radical (unpaired) electrons. The fourth-order valence-corrected chi connectivity index (χ4v) is 3.12. The number of halogens is 3. The number of aromatic nitrogens is 1. The Balaban J connectivity index is 1.86. The topological polar surface area (TPSA) is 47.2 Å². The normalized spacial score (nSPS) is 11.6. The van der Waals surface area contributed by atoms with E-state index in [1.807, 2.05) is 6.07 Å². The van der Waals surface area contributed by atoms with Crippen LogP contribution in [-0.2, 0) is 12.6 Å². The van der Waals surface area contributed by atoms with Crippen LogP contribution in [0.3, 0.4) is 0 Å². The Bertz CT molecular complexity index is 941. The molecule has 0 aliphatic rings. The predicted octanol–water partition coefficient (Wildman–Crippen LogP) is 4.68. The van der Waals surface area contributed by atoms with Crippen molar-refractivity contribution in [3.05, 3.63) is 77.0 Å². The van der Waals surface area contributed by atoms with E-state index in [0.29, 0.717) is 29.9 Å². The average Bonchev–Trinajstić information content (AvgIpc) is 3.22. The smallest absolute Gasteiger partial charge is 0.418 e. The van der Waals surface area contributed by atoms with Crippen molar-refractivity contribution in [1.82, 2.24) is 9.88 Å². The van der Waals surface area contributed by atoms with Gasteiger partial charge in [-0.05, 0) is 44.2 Å². The van der Waals surface area contributed by atoms with Gasteiger partial charge in [-0.1, -0.05) is 12.1 Å². The first-order valence-electron chi connectivity index (χ1n) is 8.45. The van der Waals surface area contributed by atoms with Gasteiger partial charge in [0.2, 0.25) is 0 Å². The maximum atomic E-state index is 13.4. The van der Waals surface area contributed by atoms with Crippen molar-refractivity contribution in [3.63, 3.8) is 0 Å². The number of aryl methyl sites for hydroxylation is 1. The SMILES string of the molecule is Cc1cc(C(=O)NCCc2ccco2)c(C)n1-c1ccccc1C(F)(F)F. The van der Waals surface area contributed by atoms with Crippen LogP contribution in [0.1, 0.15) is 33.1 Å². The van der Waals surface area contributed by atoms with Gasteiger partial charge in [0.05, 0.1) is 23.1 Å². The van der Waals surface area contributed by atoms with Gasteiger partial charge in [-0.15, -0.1) is 0 Å². The molecule has 27 heavy (non-hydrogen) atoms. The van der Waals surface area contributed by atoms with Crippen LogP contribution in [0.2, 0.25) is 0 Å². The Morgan fingerprint density at radius 3 is 2.56 bits per heavy atom. The summed E-state index contributed by atoms with van der Waals surface area (Å²) in [4.78, 5) is 12.5. The summed E-state index contributed by atoms with van der Waals surface area (Å²) >= 11 is 0. The molecule has 0 spiro atoms. The highest BCUT2D eigenvalue weighted by atomic mass is 19.4. The first-order valence-corrected chi connectivity index (χ1v) is 8.45. The van der Waals surface area contributed by atoms with Crippen molar-refractivity contribution in [2.24, 2.45) is 0 Å². The fourth-order valence-electron chi connectivity index (χ4n) is 3.12. The molecule has 0 saturated carbocycles. The van der Waals surface area contributed by atoms with E-state index in [1.165, 1.54) is 16.7 Å². The molecule has 1 aromatic carbocycles. The van der Waals surface area contributed by atoms with Crippen LogP contribution in [0, 0.1) is 13.8 Å². The van der Waals surface area contributed by atoms with Gasteiger partial charge in [0.1, 0.15) is 5.76 Å². The van der Waals surface area contributed by atoms with Crippen LogP contribution in [0.4, 0.5) is 13.2 Å². The van der Waals surface area contributed by atoms with Gasteiger partial charge in [0.25, 0.3) is 5.91 Å². The summed E-state index contributed by atoms with van der Waals surface area (Å²) in [5, 5.41) is 2.78. The van der Waals surface area contributed by atoms with Crippen molar-refractivity contribution in [1.29, 1.82) is 0 Å². The fraction of sp³-hybridized carbons (Fsp3) is 0.250. The predicted molar refractivity (Wildman–Crippen MR) is 95.0 cm³/mol. The van der Waals surface area contributed by atoms with Crippen molar-refractivity contribution in [3.8, 4) is 5.69 Å². The number of nitrogens with one attached hydrogen (secondary N) is 1. The van der Waals surface area contributed by atoms with E-state index in [-0.39, 0.29) is 11.6 Å². The second kappa shape index (κ2) is 7.34. The molecule has 2 aromatic heterocycles. The zero-order chi connectivity index (χ0) is 19.6. The first kappa shape index (κ1) is 18.8. The Labute approximate surface area is 154 Å². The molecule has 1 amide bonds. The summed E-state index contributed by atoms with van der Waals surface area (Å²) in [5.74, 6) is 0.422. The largest absolute Gasteiger partial charge is 0.469 e. The summed E-state index contributed by atoms with van der Waals surface area (Å²) in [6, 6.07) is 10.5. The van der Waals surface area contributed by atoms with Gasteiger partial charge >= 0.3 is 6.18 Å². The van der Waals surface area contributed by atoms with E-state index in [4.69, 9.17) is 4.42 Å². The molecule has 7 heteroatoms. The number of benzene rings is 1. The average molecular weight is 376 g/mol. The van der Waals surface area contributed by atoms with Crippen LogP contribution >= 0.6 is 0 Å². The number of furan rings is 1. The number of hydrogen-bond donors (Lipinski definition) is 1. The molecule has 4 nitrogen and oxygen atoms in total. The highest BCUT2D eigenvalue weighted by Crippen LogP contribution is 2.35. The van der Waals surface area contributed by atoms with E-state index >= 15 is 0 Å². The van der Waals surface area contributed by atoms with Gasteiger partial charge < -0.3 is 14.3 Å². The van der Waals surface area contributed by atoms with E-state index < -0.39 is 11.7 Å². The van der Waals surface area contributed by atoms with Crippen LogP contribution in [0.15, 0.2) is 53.1 Å². The molecule has 0 unspecified atom stereocenters. The van der Waals surface area contributed by atoms with Crippen molar-refractivity contribution >= 4 is 5.91 Å². The van der Waals surface area contributed by atoms with Crippen LogP contribution in [-0.4, -0.2) is 17.0 Å². The monoisotopic (exact) mass is 376 g/mol. The first-order chi connectivity index (χ1) is 12.8. The minimum absolute atomic E-state index is 0.00892. The Morgan fingerprint density at radius 1 is 1.15 bits per heavy atom. The van der Waals surface area contributed by atoms with Gasteiger partial charge in [0.15, 0.2) is 0 Å². The molecule has 142 valence electrons. The summed E-state index contributed by atoms with van der Waals surface area (Å²) in [6.45, 7) is 3.69. The third-order valence-electron chi connectivity index (χ3n) is 4.36. The number of amides is 1. The van der Waals surface area contributed by atoms with E-state index in [0.717, 1.165) is 11.8 Å². The highest BCUT2D eigenvalue weighted by Gasteiger charge is 2.34. The summed E-state index contributed by atoms with van der Waals surface area (Å²) < 4.78 is 46.8. The maximum Gasteiger partial charge on any atom is 0.418 e. The second-order valence-corrected chi connectivity index (χ2v) is 6.22. The lowest BCUT2D eigenvalue weighted by Crippen LogP contribution is -2.26. The zero-order valence-corrected chi connectivity index (χ0v) is 14.9. The van der Waals surface area contributed by atoms with E-state index in [9.17, 15) is 18.0 Å². The summed E-state index contributed by atoms with van der Waals surface area (Å²) in [5.41, 5.74) is 0.634. The molecular weight excluding hydrogens is 357 g/mol. The molecule has 0 fully saturated rings. The molecule has 2 heterocycles. The standard InChI is InChI=1S/C20H19F3N2O2/c1-13-12-16(19(26)24-10-9-15-6-5-11-27-15)14(2)25(13)18-8-4-3-7-17(18)20(21,22)23/h3-8,11-12H,9-10H2,1-2H3,(H,24,26). The van der Waals surface area contributed by atoms with Crippen LogP contribution < -0.4 is 5.32 Å². The summed E-state index contributed by atoms with van der Waals surface area (Å²) in [7, 11) is 0. The lowest BCUT2D eigenvalue weighted by Gasteiger charge is -2.16. The van der Waals surface area contributed by atoms with Crippen LogP contribution in [0.5, 0.6) is 0 Å². The number of carbonyl (C=O) groups excluding carboxylic acids is 1. The third kappa shape index (κ3) is 3.92. The zero-order valence-electron chi connectivity index (χ0n) is 14.9. The van der Waals surface area contributed by atoms with Crippen molar-refractivity contribution in [2.45, 2.75) is 26.4 Å². The Morgan fingerprint density at radius 2 is 1.89 bits per heavy atom. The van der Waals surface area contributed by atoms with Crippen LogP contribution in [0.25, 0.3) is 5.69 Å². The second-order valence-electron chi connectivity index (χ2n) is 6.22. The Hall–Kier alpha value is -2.96. The van der Waals surface area contributed by atoms with Gasteiger partial charge in [-0.2, -0.15) is 13.2 Å². The maximum absolute atomic E-state index is 13.4. The minimum atomic E-state index is -4.48. The Kier molecular flexibility index (Phi) is 5.12. The number of nitrogens with zero attached hydrogens (tertiary/aromatic N) is 1. The quantitative estimate of drug-likeness (QED) is 0.703. The van der Waals surface area contributed by atoms with E-state index in [1.54, 1.807) is 38.3 Å².